The molecule has 0 saturated carbocycles. The third-order valence-corrected chi connectivity index (χ3v) is 4.44. The minimum absolute atomic E-state index is 0.319. The molecule has 106 valence electrons. The number of hydrogen-bond donors (Lipinski definition) is 3. The number of aliphatic carboxylic acids is 1. The summed E-state index contributed by atoms with van der Waals surface area (Å²) >= 11 is 10.8. The van der Waals surface area contributed by atoms with Gasteiger partial charge in [-0.25, -0.2) is 4.98 Å². The molecule has 20 heavy (non-hydrogen) atoms. The number of anilines is 2. The molecule has 1 atom stereocenters. The molecule has 8 heteroatoms. The Morgan fingerprint density at radius 3 is 2.95 bits per heavy atom. The van der Waals surface area contributed by atoms with Crippen LogP contribution in [0.2, 0.25) is 5.02 Å². The van der Waals surface area contributed by atoms with Gasteiger partial charge in [0.1, 0.15) is 6.04 Å². The molecule has 0 aliphatic rings. The van der Waals surface area contributed by atoms with Gasteiger partial charge >= 0.3 is 5.97 Å². The van der Waals surface area contributed by atoms with Gasteiger partial charge in [0.2, 0.25) is 0 Å². The quantitative estimate of drug-likeness (QED) is 0.757. The van der Waals surface area contributed by atoms with Crippen LogP contribution in [0, 0.1) is 6.92 Å². The summed E-state index contributed by atoms with van der Waals surface area (Å²) in [5.41, 5.74) is 7.53. The molecule has 0 aliphatic carbocycles. The average Bonchev–Trinajstić information content (AvgIpc) is 2.83. The lowest BCUT2D eigenvalue weighted by atomic mass is 10.2. The molecule has 1 unspecified atom stereocenters. The Kier molecular flexibility index (Phi) is 4.64. The van der Waals surface area contributed by atoms with Crippen LogP contribution in [0.3, 0.4) is 0 Å². The average molecular weight is 377 g/mol. The van der Waals surface area contributed by atoms with Gasteiger partial charge in [0.25, 0.3) is 0 Å². The first kappa shape index (κ1) is 15.2. The Bertz CT molecular complexity index is 662. The topological polar surface area (TPSA) is 88.2 Å². The summed E-state index contributed by atoms with van der Waals surface area (Å²) in [5, 5.41) is 14.7. The number of thiazole rings is 1. The van der Waals surface area contributed by atoms with E-state index in [1.54, 1.807) is 11.4 Å². The van der Waals surface area contributed by atoms with Crippen molar-refractivity contribution in [3.8, 4) is 0 Å². The molecule has 1 heterocycles. The Labute approximate surface area is 132 Å². The van der Waals surface area contributed by atoms with Gasteiger partial charge in [0.05, 0.1) is 11.4 Å². The Balaban J connectivity index is 2.23. The van der Waals surface area contributed by atoms with Gasteiger partial charge in [-0.2, -0.15) is 0 Å². The van der Waals surface area contributed by atoms with Crippen molar-refractivity contribution in [1.82, 2.24) is 4.98 Å². The van der Waals surface area contributed by atoms with E-state index in [-0.39, 0.29) is 0 Å². The van der Waals surface area contributed by atoms with Gasteiger partial charge in [-0.1, -0.05) is 11.6 Å². The molecule has 1 aromatic heterocycles. The van der Waals surface area contributed by atoms with E-state index in [0.29, 0.717) is 15.8 Å². The van der Waals surface area contributed by atoms with E-state index in [0.717, 1.165) is 15.7 Å². The zero-order valence-electron chi connectivity index (χ0n) is 10.4. The van der Waals surface area contributed by atoms with Crippen molar-refractivity contribution >= 4 is 55.7 Å². The van der Waals surface area contributed by atoms with E-state index in [2.05, 4.69) is 26.2 Å². The monoisotopic (exact) mass is 375 g/mol. The van der Waals surface area contributed by atoms with Crippen LogP contribution in [0.5, 0.6) is 0 Å². The zero-order chi connectivity index (χ0) is 14.9. The molecule has 0 amide bonds. The maximum Gasteiger partial charge on any atom is 0.326 e. The molecule has 0 fully saturated rings. The van der Waals surface area contributed by atoms with Crippen LogP contribution in [-0.4, -0.2) is 16.1 Å². The van der Waals surface area contributed by atoms with Gasteiger partial charge in [-0.15, -0.1) is 11.3 Å². The first-order valence-electron chi connectivity index (χ1n) is 5.55. The number of aryl methyl sites for hydroxylation is 1. The normalized spacial score (nSPS) is 12.2. The summed E-state index contributed by atoms with van der Waals surface area (Å²) in [7, 11) is 0. The van der Waals surface area contributed by atoms with E-state index >= 15 is 0 Å². The predicted molar refractivity (Wildman–Crippen MR) is 83.8 cm³/mol. The number of aromatic nitrogens is 1. The third-order valence-electron chi connectivity index (χ3n) is 2.60. The molecule has 0 bridgehead atoms. The maximum atomic E-state index is 10.8. The molecule has 0 radical (unpaired) electrons. The molecule has 2 rings (SSSR count). The number of nitrogens with zero attached hydrogens (tertiary/aromatic N) is 1. The smallest absolute Gasteiger partial charge is 0.326 e. The van der Waals surface area contributed by atoms with Crippen molar-refractivity contribution in [1.29, 1.82) is 0 Å². The second kappa shape index (κ2) is 6.09. The standard InChI is InChI=1S/C12H11BrClN3O2S/c1-5-2-6(13)8(3-7(5)14)16-12-17-9(4-20-12)10(15)11(18)19/h2-4,10H,15H2,1H3,(H,16,17)(H,18,19). The second-order valence-corrected chi connectivity index (χ2v) is 6.22. The molecule has 2 aromatic rings. The predicted octanol–water partition coefficient (Wildman–Crippen LogP) is 3.70. The Morgan fingerprint density at radius 1 is 1.60 bits per heavy atom. The number of benzene rings is 1. The van der Waals surface area contributed by atoms with Crippen LogP contribution in [0.25, 0.3) is 0 Å². The van der Waals surface area contributed by atoms with Crippen molar-refractivity contribution in [3.63, 3.8) is 0 Å². The number of halogens is 2. The highest BCUT2D eigenvalue weighted by molar-refractivity contribution is 9.10. The highest BCUT2D eigenvalue weighted by atomic mass is 79.9. The first-order valence-corrected chi connectivity index (χ1v) is 7.60. The minimum Gasteiger partial charge on any atom is -0.480 e. The molecule has 0 spiro atoms. The summed E-state index contributed by atoms with van der Waals surface area (Å²) < 4.78 is 0.846. The third kappa shape index (κ3) is 3.29. The van der Waals surface area contributed by atoms with E-state index in [9.17, 15) is 4.79 Å². The van der Waals surface area contributed by atoms with Crippen molar-refractivity contribution in [2.75, 3.05) is 5.32 Å². The largest absolute Gasteiger partial charge is 0.480 e. The molecular weight excluding hydrogens is 366 g/mol. The fourth-order valence-electron chi connectivity index (χ4n) is 1.47. The highest BCUT2D eigenvalue weighted by Gasteiger charge is 2.18. The van der Waals surface area contributed by atoms with Crippen LogP contribution < -0.4 is 11.1 Å². The summed E-state index contributed by atoms with van der Waals surface area (Å²) in [6, 6.07) is 2.55. The Morgan fingerprint density at radius 2 is 2.30 bits per heavy atom. The van der Waals surface area contributed by atoms with E-state index in [1.807, 2.05) is 13.0 Å². The van der Waals surface area contributed by atoms with Gasteiger partial charge in [0.15, 0.2) is 5.13 Å². The van der Waals surface area contributed by atoms with Gasteiger partial charge in [0, 0.05) is 14.9 Å². The number of carbonyl (C=O) groups is 1. The minimum atomic E-state index is -1.12. The van der Waals surface area contributed by atoms with Crippen molar-refractivity contribution in [2.45, 2.75) is 13.0 Å². The van der Waals surface area contributed by atoms with Crippen LogP contribution in [0.1, 0.15) is 17.3 Å². The molecule has 4 N–H and O–H groups in total. The summed E-state index contributed by atoms with van der Waals surface area (Å²) in [4.78, 5) is 15.0. The van der Waals surface area contributed by atoms with Crippen LogP contribution in [0.4, 0.5) is 10.8 Å². The van der Waals surface area contributed by atoms with E-state index < -0.39 is 12.0 Å². The SMILES string of the molecule is Cc1cc(Br)c(Nc2nc(C(N)C(=O)O)cs2)cc1Cl. The number of rotatable bonds is 4. The van der Waals surface area contributed by atoms with Crippen LogP contribution in [-0.2, 0) is 4.79 Å². The molecule has 0 saturated heterocycles. The highest BCUT2D eigenvalue weighted by Crippen LogP contribution is 2.32. The first-order chi connectivity index (χ1) is 9.38. The van der Waals surface area contributed by atoms with Gasteiger partial charge in [-0.3, -0.25) is 4.79 Å². The fraction of sp³-hybridized carbons (Fsp3) is 0.167. The number of nitrogens with one attached hydrogen (secondary N) is 1. The molecule has 5 nitrogen and oxygen atoms in total. The number of hydrogen-bond acceptors (Lipinski definition) is 5. The summed E-state index contributed by atoms with van der Waals surface area (Å²) in [6.07, 6.45) is 0. The van der Waals surface area contributed by atoms with Gasteiger partial charge in [-0.05, 0) is 40.5 Å². The van der Waals surface area contributed by atoms with Crippen molar-refractivity contribution < 1.29 is 9.90 Å². The molecule has 0 aliphatic heterocycles. The molecule has 1 aromatic carbocycles. The number of nitrogens with two attached hydrogens (primary N) is 1. The van der Waals surface area contributed by atoms with Gasteiger partial charge < -0.3 is 16.2 Å². The summed E-state index contributed by atoms with van der Waals surface area (Å²) in [5.74, 6) is -1.11. The lowest BCUT2D eigenvalue weighted by Crippen LogP contribution is -2.20. The Hall–Kier alpha value is -1.15. The maximum absolute atomic E-state index is 10.8. The lowest BCUT2D eigenvalue weighted by Gasteiger charge is -2.08. The second-order valence-electron chi connectivity index (χ2n) is 4.10. The lowest BCUT2D eigenvalue weighted by molar-refractivity contribution is -0.138. The van der Waals surface area contributed by atoms with Crippen LogP contribution >= 0.6 is 38.9 Å². The summed E-state index contributed by atoms with van der Waals surface area (Å²) in [6.45, 7) is 1.91. The number of carboxylic acid groups (broad SMARTS) is 1. The van der Waals surface area contributed by atoms with Crippen molar-refractivity contribution in [2.24, 2.45) is 5.73 Å². The van der Waals surface area contributed by atoms with E-state index in [4.69, 9.17) is 22.4 Å². The fourth-order valence-corrected chi connectivity index (χ4v) is 2.95. The number of carboxylic acids is 1. The van der Waals surface area contributed by atoms with Crippen molar-refractivity contribution in [3.05, 3.63) is 38.3 Å². The molecular formula is C12H11BrClN3O2S. The van der Waals surface area contributed by atoms with E-state index in [1.165, 1.54) is 11.3 Å². The zero-order valence-corrected chi connectivity index (χ0v) is 13.5. The van der Waals surface area contributed by atoms with Crippen LogP contribution in [0.15, 0.2) is 22.0 Å².